The minimum Gasteiger partial charge on any atom is -0.481 e. The molecule has 1 N–H and O–H groups in total. The van der Waals surface area contributed by atoms with E-state index < -0.39 is 5.97 Å². The van der Waals surface area contributed by atoms with Crippen molar-refractivity contribution in [3.05, 3.63) is 46.8 Å². The van der Waals surface area contributed by atoms with Crippen LogP contribution in [-0.2, 0) is 17.8 Å². The Hall–Kier alpha value is -3.03. The Morgan fingerprint density at radius 2 is 2.09 bits per heavy atom. The third-order valence-corrected chi connectivity index (χ3v) is 3.29. The van der Waals surface area contributed by atoms with Crippen LogP contribution in [0.3, 0.4) is 0 Å². The fraction of sp³-hybridized carbons (Fsp3) is 0.214. The normalized spacial score (nSPS) is 11.0. The molecule has 3 heterocycles. The third-order valence-electron chi connectivity index (χ3n) is 3.29. The summed E-state index contributed by atoms with van der Waals surface area (Å²) >= 11 is 0. The smallest absolute Gasteiger partial charge is 0.309 e. The van der Waals surface area contributed by atoms with Crippen LogP contribution in [0.4, 0.5) is 0 Å². The number of nitrogens with zero attached hydrogens (tertiary/aromatic N) is 5. The van der Waals surface area contributed by atoms with E-state index in [1.54, 1.807) is 29.2 Å². The Morgan fingerprint density at radius 1 is 1.27 bits per heavy atom. The highest BCUT2D eigenvalue weighted by atomic mass is 16.4. The molecule has 3 aromatic rings. The van der Waals surface area contributed by atoms with Crippen LogP contribution in [0.1, 0.15) is 12.6 Å². The second-order valence-electron chi connectivity index (χ2n) is 4.68. The zero-order chi connectivity index (χ0) is 15.7. The van der Waals surface area contributed by atoms with Gasteiger partial charge >= 0.3 is 5.97 Å². The first kappa shape index (κ1) is 13.9. The summed E-state index contributed by atoms with van der Waals surface area (Å²) < 4.78 is 3.00. The maximum atomic E-state index is 12.2. The lowest BCUT2D eigenvalue weighted by Gasteiger charge is -2.11. The van der Waals surface area contributed by atoms with Gasteiger partial charge in [-0.05, 0) is 6.92 Å². The molecule has 3 rings (SSSR count). The fourth-order valence-electron chi connectivity index (χ4n) is 2.38. The maximum Gasteiger partial charge on any atom is 0.309 e. The van der Waals surface area contributed by atoms with Gasteiger partial charge in [0.2, 0.25) is 0 Å². The van der Waals surface area contributed by atoms with Crippen molar-refractivity contribution in [3.8, 4) is 11.4 Å². The van der Waals surface area contributed by atoms with Crippen molar-refractivity contribution in [2.24, 2.45) is 0 Å². The van der Waals surface area contributed by atoms with Gasteiger partial charge in [-0.1, -0.05) is 0 Å². The Morgan fingerprint density at radius 3 is 2.73 bits per heavy atom. The highest BCUT2D eigenvalue weighted by Gasteiger charge is 2.14. The first-order valence-electron chi connectivity index (χ1n) is 6.71. The summed E-state index contributed by atoms with van der Waals surface area (Å²) in [4.78, 5) is 31.2. The number of fused-ring (bicyclic) bond motifs is 1. The molecule has 0 fully saturated rings. The number of aromatic nitrogens is 5. The predicted molar refractivity (Wildman–Crippen MR) is 77.5 cm³/mol. The number of carboxylic acid groups (broad SMARTS) is 1. The van der Waals surface area contributed by atoms with Crippen LogP contribution in [0.25, 0.3) is 17.0 Å². The van der Waals surface area contributed by atoms with E-state index in [0.29, 0.717) is 29.3 Å². The molecule has 8 heteroatoms. The monoisotopic (exact) mass is 299 g/mol. The van der Waals surface area contributed by atoms with Crippen molar-refractivity contribution in [3.63, 3.8) is 0 Å². The Balaban J connectivity index is 2.25. The summed E-state index contributed by atoms with van der Waals surface area (Å²) in [6, 6.07) is 3.01. The van der Waals surface area contributed by atoms with Gasteiger partial charge in [-0.2, -0.15) is 9.61 Å². The minimum absolute atomic E-state index is 0.217. The molecule has 0 saturated heterocycles. The first-order valence-corrected chi connectivity index (χ1v) is 6.71. The van der Waals surface area contributed by atoms with Crippen LogP contribution in [0.5, 0.6) is 0 Å². The quantitative estimate of drug-likeness (QED) is 0.756. The van der Waals surface area contributed by atoms with Gasteiger partial charge in [-0.3, -0.25) is 19.6 Å². The molecule has 112 valence electrons. The zero-order valence-corrected chi connectivity index (χ0v) is 11.8. The molecule has 0 aliphatic heterocycles. The SMILES string of the molecule is CCn1c(CC(=O)O)cc(=O)n2nc(-c3cnccn3)cc12. The molecule has 0 atom stereocenters. The molecule has 0 aliphatic rings. The van der Waals surface area contributed by atoms with E-state index in [1.165, 1.54) is 10.6 Å². The number of carbonyl (C=O) groups is 1. The number of hydrogen-bond acceptors (Lipinski definition) is 5. The predicted octanol–water partition coefficient (Wildman–Crippen LogP) is 0.600. The molecule has 0 spiro atoms. The molecule has 22 heavy (non-hydrogen) atoms. The average Bonchev–Trinajstić information content (AvgIpc) is 2.93. The summed E-state index contributed by atoms with van der Waals surface area (Å²) in [5.41, 5.74) is 1.67. The summed E-state index contributed by atoms with van der Waals surface area (Å²) in [5, 5.41) is 13.2. The van der Waals surface area contributed by atoms with Crippen molar-refractivity contribution < 1.29 is 9.90 Å². The number of aliphatic carboxylic acids is 1. The second kappa shape index (κ2) is 5.40. The molecule has 0 unspecified atom stereocenters. The number of rotatable bonds is 4. The summed E-state index contributed by atoms with van der Waals surface area (Å²) in [5.74, 6) is -0.986. The van der Waals surface area contributed by atoms with Gasteiger partial charge in [0.25, 0.3) is 5.56 Å². The van der Waals surface area contributed by atoms with Gasteiger partial charge in [0.05, 0.1) is 12.6 Å². The van der Waals surface area contributed by atoms with Crippen LogP contribution in [0.2, 0.25) is 0 Å². The molecule has 8 nitrogen and oxygen atoms in total. The van der Waals surface area contributed by atoms with Crippen molar-refractivity contribution in [1.82, 2.24) is 24.1 Å². The number of hydrogen-bond donors (Lipinski definition) is 1. The highest BCUT2D eigenvalue weighted by molar-refractivity contribution is 5.70. The van der Waals surface area contributed by atoms with Crippen LogP contribution in [0.15, 0.2) is 35.5 Å². The van der Waals surface area contributed by atoms with Gasteiger partial charge < -0.3 is 9.67 Å². The lowest BCUT2D eigenvalue weighted by atomic mass is 10.2. The van der Waals surface area contributed by atoms with E-state index in [4.69, 9.17) is 5.11 Å². The molecule has 0 radical (unpaired) electrons. The Bertz CT molecular complexity index is 898. The van der Waals surface area contributed by atoms with Crippen LogP contribution in [0, 0.1) is 0 Å². The van der Waals surface area contributed by atoms with Gasteiger partial charge in [0.15, 0.2) is 0 Å². The summed E-state index contributed by atoms with van der Waals surface area (Å²) in [6.45, 7) is 2.41. The van der Waals surface area contributed by atoms with Crippen molar-refractivity contribution in [2.75, 3.05) is 0 Å². The standard InChI is InChI=1S/C14H13N5O3/c1-2-18-9(6-14(21)22)5-13(20)19-12(18)7-10(17-19)11-8-15-3-4-16-11/h3-5,7-8H,2,6H2,1H3,(H,21,22). The molecule has 0 amide bonds. The van der Waals surface area contributed by atoms with E-state index in [0.717, 1.165) is 0 Å². The zero-order valence-electron chi connectivity index (χ0n) is 11.8. The molecule has 0 aromatic carbocycles. The van der Waals surface area contributed by atoms with Crippen LogP contribution >= 0.6 is 0 Å². The molecular weight excluding hydrogens is 286 g/mol. The molecular formula is C14H13N5O3. The Kier molecular flexibility index (Phi) is 3.42. The van der Waals surface area contributed by atoms with Gasteiger partial charge in [-0.15, -0.1) is 0 Å². The summed E-state index contributed by atoms with van der Waals surface area (Å²) in [6.07, 6.45) is 4.43. The van der Waals surface area contributed by atoms with Gasteiger partial charge in [-0.25, -0.2) is 0 Å². The van der Waals surface area contributed by atoms with Crippen molar-refractivity contribution in [1.29, 1.82) is 0 Å². The maximum absolute atomic E-state index is 12.2. The minimum atomic E-state index is -0.986. The number of carboxylic acids is 1. The fourth-order valence-corrected chi connectivity index (χ4v) is 2.38. The second-order valence-corrected chi connectivity index (χ2v) is 4.68. The van der Waals surface area contributed by atoms with E-state index in [-0.39, 0.29) is 12.0 Å². The van der Waals surface area contributed by atoms with E-state index in [2.05, 4.69) is 15.1 Å². The largest absolute Gasteiger partial charge is 0.481 e. The first-order chi connectivity index (χ1) is 10.6. The van der Waals surface area contributed by atoms with Gasteiger partial charge in [0.1, 0.15) is 17.0 Å². The topological polar surface area (TPSA) is 102 Å². The van der Waals surface area contributed by atoms with E-state index in [9.17, 15) is 9.59 Å². The van der Waals surface area contributed by atoms with Crippen LogP contribution < -0.4 is 5.56 Å². The van der Waals surface area contributed by atoms with Crippen LogP contribution in [-0.4, -0.2) is 35.2 Å². The van der Waals surface area contributed by atoms with Crippen molar-refractivity contribution >= 4 is 11.6 Å². The Labute approximate surface area is 124 Å². The third kappa shape index (κ3) is 2.34. The molecule has 0 aliphatic carbocycles. The number of aryl methyl sites for hydroxylation is 1. The van der Waals surface area contributed by atoms with Crippen molar-refractivity contribution in [2.45, 2.75) is 19.9 Å². The molecule has 0 saturated carbocycles. The van der Waals surface area contributed by atoms with E-state index >= 15 is 0 Å². The lowest BCUT2D eigenvalue weighted by Crippen LogP contribution is -2.22. The molecule has 0 bridgehead atoms. The molecule has 3 aromatic heterocycles. The highest BCUT2D eigenvalue weighted by Crippen LogP contribution is 2.16. The van der Waals surface area contributed by atoms with Gasteiger partial charge in [0, 0.05) is 36.8 Å². The average molecular weight is 299 g/mol. The van der Waals surface area contributed by atoms with E-state index in [1.807, 2.05) is 6.92 Å². The lowest BCUT2D eigenvalue weighted by molar-refractivity contribution is -0.136. The summed E-state index contributed by atoms with van der Waals surface area (Å²) in [7, 11) is 0.